The van der Waals surface area contributed by atoms with Crippen molar-refractivity contribution in [1.29, 1.82) is 0 Å². The van der Waals surface area contributed by atoms with Gasteiger partial charge in [-0.2, -0.15) is 0 Å². The first-order valence-corrected chi connectivity index (χ1v) is 9.84. The number of aromatic nitrogens is 2. The van der Waals surface area contributed by atoms with E-state index in [2.05, 4.69) is 9.97 Å². The lowest BCUT2D eigenvalue weighted by Gasteiger charge is -2.32. The van der Waals surface area contributed by atoms with E-state index in [9.17, 15) is 4.79 Å². The van der Waals surface area contributed by atoms with Gasteiger partial charge in [0.1, 0.15) is 6.04 Å². The Hall–Kier alpha value is -1.71. The molecule has 1 amide bonds. The lowest BCUT2D eigenvalue weighted by molar-refractivity contribution is -0.131. The van der Waals surface area contributed by atoms with E-state index < -0.39 is 18.3 Å². The molecule has 1 aromatic heterocycles. The van der Waals surface area contributed by atoms with Crippen molar-refractivity contribution in [3.63, 3.8) is 0 Å². The van der Waals surface area contributed by atoms with Crippen LogP contribution in [0.3, 0.4) is 0 Å². The van der Waals surface area contributed by atoms with Crippen LogP contribution >= 0.6 is 0 Å². The second-order valence-corrected chi connectivity index (χ2v) is 8.51. The van der Waals surface area contributed by atoms with Crippen LogP contribution in [-0.2, 0) is 18.8 Å². The van der Waals surface area contributed by atoms with Gasteiger partial charge in [-0.3, -0.25) is 4.79 Å². The van der Waals surface area contributed by atoms with Crippen molar-refractivity contribution in [2.75, 3.05) is 38.8 Å². The summed E-state index contributed by atoms with van der Waals surface area (Å²) in [5.41, 5.74) is -0.0350. The molecule has 2 aliphatic heterocycles. The summed E-state index contributed by atoms with van der Waals surface area (Å²) in [6, 6.07) is -0.232. The number of nitrogens with zero attached hydrogens (tertiary/aromatic N) is 4. The summed E-state index contributed by atoms with van der Waals surface area (Å²) >= 11 is 0. The molecule has 0 bridgehead atoms. The van der Waals surface area contributed by atoms with Gasteiger partial charge < -0.3 is 23.8 Å². The van der Waals surface area contributed by atoms with Crippen molar-refractivity contribution in [2.24, 2.45) is 0 Å². The number of carbonyl (C=O) groups is 1. The number of carbonyl (C=O) groups excluding carboxylic acids is 1. The molecule has 2 saturated heterocycles. The van der Waals surface area contributed by atoms with Gasteiger partial charge >= 0.3 is 7.12 Å². The van der Waals surface area contributed by atoms with E-state index in [1.54, 1.807) is 31.5 Å². The zero-order valence-corrected chi connectivity index (χ0v) is 17.8. The highest BCUT2D eigenvalue weighted by atomic mass is 16.7. The maximum absolute atomic E-state index is 12.8. The first-order valence-electron chi connectivity index (χ1n) is 9.84. The van der Waals surface area contributed by atoms with Crippen LogP contribution in [0.4, 0.5) is 5.95 Å². The van der Waals surface area contributed by atoms with Crippen LogP contribution in [0.5, 0.6) is 0 Å². The third kappa shape index (κ3) is 4.02. The molecule has 0 N–H and O–H groups in total. The Morgan fingerprint density at radius 3 is 2.46 bits per heavy atom. The Morgan fingerprint density at radius 1 is 1.29 bits per heavy atom. The van der Waals surface area contributed by atoms with Crippen LogP contribution in [0.25, 0.3) is 0 Å². The Labute approximate surface area is 167 Å². The van der Waals surface area contributed by atoms with E-state index in [-0.39, 0.29) is 11.9 Å². The second kappa shape index (κ2) is 7.97. The van der Waals surface area contributed by atoms with Crippen molar-refractivity contribution < 1.29 is 18.8 Å². The fourth-order valence-electron chi connectivity index (χ4n) is 3.44. The normalized spacial score (nSPS) is 23.3. The maximum atomic E-state index is 12.8. The van der Waals surface area contributed by atoms with Crippen LogP contribution < -0.4 is 10.4 Å². The Kier molecular flexibility index (Phi) is 5.98. The summed E-state index contributed by atoms with van der Waals surface area (Å²) < 4.78 is 17.2. The molecule has 0 aromatic carbocycles. The number of methoxy groups -OCH3 is 1. The molecule has 0 radical (unpaired) electrons. The van der Waals surface area contributed by atoms with Gasteiger partial charge in [-0.1, -0.05) is 0 Å². The molecule has 2 aliphatic rings. The van der Waals surface area contributed by atoms with Crippen molar-refractivity contribution in [3.8, 4) is 0 Å². The minimum Gasteiger partial charge on any atom is -0.399 e. The average molecular weight is 390 g/mol. The molecule has 8 nitrogen and oxygen atoms in total. The monoisotopic (exact) mass is 390 g/mol. The first-order chi connectivity index (χ1) is 13.2. The number of hydrogen-bond acceptors (Lipinski definition) is 7. The van der Waals surface area contributed by atoms with Crippen LogP contribution in [0, 0.1) is 0 Å². The summed E-state index contributed by atoms with van der Waals surface area (Å²) in [5.74, 6) is 0.643. The number of anilines is 1. The van der Waals surface area contributed by atoms with Crippen molar-refractivity contribution in [3.05, 3.63) is 12.4 Å². The molecular weight excluding hydrogens is 359 g/mol. The van der Waals surface area contributed by atoms with Crippen LogP contribution in [0.15, 0.2) is 12.4 Å². The summed E-state index contributed by atoms with van der Waals surface area (Å²) in [5, 5.41) is 0. The topological polar surface area (TPSA) is 77.0 Å². The van der Waals surface area contributed by atoms with E-state index in [1.807, 2.05) is 32.6 Å². The molecule has 0 saturated carbocycles. The standard InChI is InChI=1S/C19H31BN4O4/c1-18(2)19(3,4)28-20(27-18)14-12-21-17(22-13-14)24-9-7-8-15(24)16(25)23(5)10-11-26-6/h12-13,15H,7-11H2,1-6H3. The highest BCUT2D eigenvalue weighted by Crippen LogP contribution is 2.36. The lowest BCUT2D eigenvalue weighted by Crippen LogP contribution is -2.46. The van der Waals surface area contributed by atoms with Gasteiger partial charge in [0.25, 0.3) is 0 Å². The third-order valence-electron chi connectivity index (χ3n) is 5.99. The molecule has 0 spiro atoms. The van der Waals surface area contributed by atoms with Crippen LogP contribution in [-0.4, -0.2) is 79.0 Å². The molecule has 2 fully saturated rings. The number of rotatable bonds is 6. The van der Waals surface area contributed by atoms with E-state index in [1.165, 1.54) is 0 Å². The maximum Gasteiger partial charge on any atom is 0.498 e. The zero-order chi connectivity index (χ0) is 20.5. The van der Waals surface area contributed by atoms with Gasteiger partial charge in [0.2, 0.25) is 11.9 Å². The molecular formula is C19H31BN4O4. The molecule has 154 valence electrons. The van der Waals surface area contributed by atoms with E-state index >= 15 is 0 Å². The van der Waals surface area contributed by atoms with Crippen LogP contribution in [0.2, 0.25) is 0 Å². The lowest BCUT2D eigenvalue weighted by atomic mass is 9.81. The predicted molar refractivity (Wildman–Crippen MR) is 108 cm³/mol. The number of ether oxygens (including phenoxy) is 1. The quantitative estimate of drug-likeness (QED) is 0.667. The molecule has 1 aromatic rings. The predicted octanol–water partition coefficient (Wildman–Crippen LogP) is 0.849. The number of hydrogen-bond donors (Lipinski definition) is 0. The second-order valence-electron chi connectivity index (χ2n) is 8.51. The van der Waals surface area contributed by atoms with E-state index in [4.69, 9.17) is 14.0 Å². The van der Waals surface area contributed by atoms with Gasteiger partial charge in [0.15, 0.2) is 0 Å². The Balaban J connectivity index is 1.70. The molecule has 3 heterocycles. The van der Waals surface area contributed by atoms with Crippen LogP contribution in [0.1, 0.15) is 40.5 Å². The summed E-state index contributed by atoms with van der Waals surface area (Å²) in [4.78, 5) is 25.5. The Bertz CT molecular complexity index is 682. The molecule has 9 heteroatoms. The van der Waals surface area contributed by atoms with Crippen molar-refractivity contribution in [2.45, 2.75) is 57.8 Å². The molecule has 3 rings (SSSR count). The smallest absolute Gasteiger partial charge is 0.399 e. The zero-order valence-electron chi connectivity index (χ0n) is 17.8. The molecule has 1 unspecified atom stereocenters. The van der Waals surface area contributed by atoms with Crippen molar-refractivity contribution >= 4 is 24.4 Å². The average Bonchev–Trinajstić information content (AvgIpc) is 3.21. The summed E-state index contributed by atoms with van der Waals surface area (Å²) in [7, 11) is 2.95. The fraction of sp³-hybridized carbons (Fsp3) is 0.737. The van der Waals surface area contributed by atoms with Gasteiger partial charge in [0, 0.05) is 45.1 Å². The first kappa shape index (κ1) is 21.0. The summed E-state index contributed by atoms with van der Waals surface area (Å²) in [6.07, 6.45) is 5.22. The highest BCUT2D eigenvalue weighted by Gasteiger charge is 2.52. The third-order valence-corrected chi connectivity index (χ3v) is 5.99. The fourth-order valence-corrected chi connectivity index (χ4v) is 3.44. The SMILES string of the molecule is COCCN(C)C(=O)C1CCCN1c1ncc(B2OC(C)(C)C(C)(C)O2)cn1. The number of likely N-dealkylation sites (N-methyl/N-ethyl adjacent to an activating group) is 1. The summed E-state index contributed by atoms with van der Waals surface area (Å²) in [6.45, 7) is 9.93. The van der Waals surface area contributed by atoms with Gasteiger partial charge in [0.05, 0.1) is 17.8 Å². The van der Waals surface area contributed by atoms with Gasteiger partial charge in [-0.15, -0.1) is 0 Å². The minimum absolute atomic E-state index is 0.0770. The van der Waals surface area contributed by atoms with Crippen molar-refractivity contribution in [1.82, 2.24) is 14.9 Å². The highest BCUT2D eigenvalue weighted by molar-refractivity contribution is 6.61. The van der Waals surface area contributed by atoms with E-state index in [0.29, 0.717) is 19.1 Å². The number of amides is 1. The molecule has 0 aliphatic carbocycles. The molecule has 1 atom stereocenters. The van der Waals surface area contributed by atoms with Gasteiger partial charge in [-0.25, -0.2) is 9.97 Å². The largest absolute Gasteiger partial charge is 0.498 e. The van der Waals surface area contributed by atoms with Gasteiger partial charge in [-0.05, 0) is 40.5 Å². The Morgan fingerprint density at radius 2 is 1.89 bits per heavy atom. The minimum atomic E-state index is -0.491. The van der Waals surface area contributed by atoms with E-state index in [0.717, 1.165) is 24.8 Å². The molecule has 28 heavy (non-hydrogen) atoms.